The van der Waals surface area contributed by atoms with Gasteiger partial charge in [-0.1, -0.05) is 36.4 Å². The van der Waals surface area contributed by atoms with Crippen LogP contribution in [0.2, 0.25) is 0 Å². The van der Waals surface area contributed by atoms with Crippen LogP contribution in [0.15, 0.2) is 53.5 Å². The maximum Gasteiger partial charge on any atom is 0.203 e. The zero-order chi connectivity index (χ0) is 20.6. The van der Waals surface area contributed by atoms with E-state index in [0.717, 1.165) is 31.0 Å². The molecule has 0 aromatic heterocycles. The summed E-state index contributed by atoms with van der Waals surface area (Å²) in [6, 6.07) is 14.4. The monoisotopic (exact) mass is 523 g/mol. The molecule has 0 unspecified atom stereocenters. The van der Waals surface area contributed by atoms with Gasteiger partial charge < -0.3 is 24.4 Å². The highest BCUT2D eigenvalue weighted by atomic mass is 127. The van der Waals surface area contributed by atoms with Crippen LogP contribution >= 0.6 is 24.0 Å². The van der Waals surface area contributed by atoms with Gasteiger partial charge in [-0.05, 0) is 29.7 Å². The van der Waals surface area contributed by atoms with E-state index in [1.807, 2.05) is 25.2 Å². The lowest BCUT2D eigenvalue weighted by Crippen LogP contribution is -2.43. The van der Waals surface area contributed by atoms with Crippen LogP contribution in [0.1, 0.15) is 17.5 Å². The van der Waals surface area contributed by atoms with Crippen LogP contribution in [-0.2, 0) is 6.54 Å². The molecule has 162 valence electrons. The van der Waals surface area contributed by atoms with Crippen LogP contribution in [0.5, 0.6) is 17.2 Å². The Morgan fingerprint density at radius 3 is 2.30 bits per heavy atom. The highest BCUT2D eigenvalue weighted by molar-refractivity contribution is 14.0. The van der Waals surface area contributed by atoms with Crippen molar-refractivity contribution in [3.8, 4) is 17.2 Å². The van der Waals surface area contributed by atoms with E-state index in [4.69, 9.17) is 14.2 Å². The summed E-state index contributed by atoms with van der Waals surface area (Å²) in [6.45, 7) is 2.32. The molecule has 0 fully saturated rings. The van der Waals surface area contributed by atoms with Crippen molar-refractivity contribution >= 4 is 35.5 Å². The van der Waals surface area contributed by atoms with Crippen LogP contribution in [-0.4, -0.2) is 52.3 Å². The Balaban J connectivity index is 0.00000320. The SMILES string of the molecule is CN=C(NCc1ccc(OC)c(OC)c1OC)N1CC=C(c2ccccc2)CC1.I. The Kier molecular flexibility index (Phi) is 9.29. The maximum absolute atomic E-state index is 5.58. The Bertz CT molecular complexity index is 885. The average molecular weight is 523 g/mol. The first-order valence-corrected chi connectivity index (χ1v) is 9.69. The minimum atomic E-state index is 0. The molecule has 2 aromatic carbocycles. The fourth-order valence-electron chi connectivity index (χ4n) is 3.58. The van der Waals surface area contributed by atoms with E-state index in [0.29, 0.717) is 23.8 Å². The highest BCUT2D eigenvalue weighted by Gasteiger charge is 2.19. The van der Waals surface area contributed by atoms with Crippen molar-refractivity contribution < 1.29 is 14.2 Å². The smallest absolute Gasteiger partial charge is 0.203 e. The molecule has 3 rings (SSSR count). The molecular formula is C23H30IN3O3. The third-order valence-electron chi connectivity index (χ3n) is 5.09. The van der Waals surface area contributed by atoms with Crippen LogP contribution in [0.25, 0.3) is 5.57 Å². The molecule has 30 heavy (non-hydrogen) atoms. The molecule has 0 saturated carbocycles. The Hall–Kier alpha value is -2.42. The molecule has 0 bridgehead atoms. The summed E-state index contributed by atoms with van der Waals surface area (Å²) < 4.78 is 16.4. The van der Waals surface area contributed by atoms with Crippen LogP contribution in [0.3, 0.4) is 0 Å². The molecule has 7 heteroatoms. The number of hydrogen-bond acceptors (Lipinski definition) is 4. The number of halogens is 1. The van der Waals surface area contributed by atoms with E-state index in [2.05, 4.69) is 45.6 Å². The van der Waals surface area contributed by atoms with Crippen LogP contribution < -0.4 is 19.5 Å². The first-order chi connectivity index (χ1) is 14.2. The summed E-state index contributed by atoms with van der Waals surface area (Å²) in [7, 11) is 6.67. The lowest BCUT2D eigenvalue weighted by molar-refractivity contribution is 0.322. The van der Waals surface area contributed by atoms with Gasteiger partial charge in [-0.3, -0.25) is 4.99 Å². The number of nitrogens with zero attached hydrogens (tertiary/aromatic N) is 2. The second-order valence-corrected chi connectivity index (χ2v) is 6.69. The van der Waals surface area contributed by atoms with E-state index >= 15 is 0 Å². The molecule has 0 spiro atoms. The van der Waals surface area contributed by atoms with Crippen molar-refractivity contribution in [2.24, 2.45) is 4.99 Å². The van der Waals surface area contributed by atoms with Gasteiger partial charge in [-0.2, -0.15) is 0 Å². The standard InChI is InChI=1S/C23H29N3O3.HI/c1-24-23(26-14-12-18(13-15-26)17-8-6-5-7-9-17)25-16-19-10-11-20(27-2)22(29-4)21(19)28-3;/h5-12H,13-16H2,1-4H3,(H,24,25);1H. The average Bonchev–Trinajstić information content (AvgIpc) is 2.79. The summed E-state index contributed by atoms with van der Waals surface area (Å²) in [5.74, 6) is 2.77. The van der Waals surface area contributed by atoms with Crippen molar-refractivity contribution in [1.82, 2.24) is 10.2 Å². The second-order valence-electron chi connectivity index (χ2n) is 6.69. The fraction of sp³-hybridized carbons (Fsp3) is 0.348. The third-order valence-corrected chi connectivity index (χ3v) is 5.09. The molecule has 0 aliphatic carbocycles. The van der Waals surface area contributed by atoms with E-state index in [1.54, 1.807) is 21.3 Å². The quantitative estimate of drug-likeness (QED) is 0.350. The van der Waals surface area contributed by atoms with Gasteiger partial charge in [-0.25, -0.2) is 0 Å². The molecule has 0 saturated heterocycles. The number of methoxy groups -OCH3 is 3. The van der Waals surface area contributed by atoms with Gasteiger partial charge in [0.15, 0.2) is 17.5 Å². The lowest BCUT2D eigenvalue weighted by atomic mass is 10.00. The largest absolute Gasteiger partial charge is 0.493 e. The number of ether oxygens (including phenoxy) is 3. The molecule has 1 aliphatic heterocycles. The van der Waals surface area contributed by atoms with E-state index in [1.165, 1.54) is 11.1 Å². The van der Waals surface area contributed by atoms with Gasteiger partial charge in [0.2, 0.25) is 5.75 Å². The van der Waals surface area contributed by atoms with Crippen molar-refractivity contribution in [2.75, 3.05) is 41.5 Å². The number of guanidine groups is 1. The predicted molar refractivity (Wildman–Crippen MR) is 132 cm³/mol. The maximum atomic E-state index is 5.58. The van der Waals surface area contributed by atoms with Crippen molar-refractivity contribution in [3.63, 3.8) is 0 Å². The highest BCUT2D eigenvalue weighted by Crippen LogP contribution is 2.39. The molecular weight excluding hydrogens is 493 g/mol. The molecule has 2 aromatic rings. The minimum absolute atomic E-state index is 0. The summed E-state index contributed by atoms with van der Waals surface area (Å²) in [4.78, 5) is 6.71. The minimum Gasteiger partial charge on any atom is -0.493 e. The van der Waals surface area contributed by atoms with Crippen LogP contribution in [0, 0.1) is 0 Å². The molecule has 1 heterocycles. The second kappa shape index (κ2) is 11.7. The van der Waals surface area contributed by atoms with Gasteiger partial charge in [0.1, 0.15) is 0 Å². The van der Waals surface area contributed by atoms with Crippen molar-refractivity contribution in [2.45, 2.75) is 13.0 Å². The summed E-state index contributed by atoms with van der Waals surface area (Å²) in [5.41, 5.74) is 3.66. The molecule has 6 nitrogen and oxygen atoms in total. The zero-order valence-corrected chi connectivity index (χ0v) is 20.3. The van der Waals surface area contributed by atoms with Crippen molar-refractivity contribution in [1.29, 1.82) is 0 Å². The van der Waals surface area contributed by atoms with Gasteiger partial charge in [0, 0.05) is 32.2 Å². The number of hydrogen-bond donors (Lipinski definition) is 1. The number of rotatable bonds is 6. The topological polar surface area (TPSA) is 55.3 Å². The number of benzene rings is 2. The van der Waals surface area contributed by atoms with E-state index < -0.39 is 0 Å². The molecule has 0 atom stereocenters. The molecule has 1 aliphatic rings. The first kappa shape index (κ1) is 23.9. The predicted octanol–water partition coefficient (Wildman–Crippen LogP) is 4.20. The van der Waals surface area contributed by atoms with Gasteiger partial charge in [0.05, 0.1) is 21.3 Å². The van der Waals surface area contributed by atoms with Gasteiger partial charge >= 0.3 is 0 Å². The Morgan fingerprint density at radius 1 is 1.00 bits per heavy atom. The molecule has 0 radical (unpaired) electrons. The summed E-state index contributed by atoms with van der Waals surface area (Å²) in [6.07, 6.45) is 3.27. The number of aliphatic imine (C=N–C) groups is 1. The van der Waals surface area contributed by atoms with E-state index in [-0.39, 0.29) is 24.0 Å². The van der Waals surface area contributed by atoms with Gasteiger partial charge in [0.25, 0.3) is 0 Å². The number of nitrogens with one attached hydrogen (secondary N) is 1. The normalized spacial score (nSPS) is 13.8. The van der Waals surface area contributed by atoms with Crippen molar-refractivity contribution in [3.05, 3.63) is 59.7 Å². The summed E-state index contributed by atoms with van der Waals surface area (Å²) >= 11 is 0. The first-order valence-electron chi connectivity index (χ1n) is 9.69. The Labute approximate surface area is 195 Å². The lowest BCUT2D eigenvalue weighted by Gasteiger charge is -2.30. The van der Waals surface area contributed by atoms with Gasteiger partial charge in [-0.15, -0.1) is 24.0 Å². The molecule has 1 N–H and O–H groups in total. The molecule has 0 amide bonds. The zero-order valence-electron chi connectivity index (χ0n) is 18.0. The fourth-order valence-corrected chi connectivity index (χ4v) is 3.58. The summed E-state index contributed by atoms with van der Waals surface area (Å²) in [5, 5.41) is 3.44. The Morgan fingerprint density at radius 2 is 1.73 bits per heavy atom. The van der Waals surface area contributed by atoms with E-state index in [9.17, 15) is 0 Å². The third kappa shape index (κ3) is 5.38. The van der Waals surface area contributed by atoms with Crippen LogP contribution in [0.4, 0.5) is 0 Å².